The molecular weight excluding hydrogens is 420 g/mol. The van der Waals surface area contributed by atoms with Crippen LogP contribution in [0.25, 0.3) is 0 Å². The Bertz CT molecular complexity index is 930. The Morgan fingerprint density at radius 3 is 2.52 bits per heavy atom. The average molecular weight is 443 g/mol. The molecule has 0 spiro atoms. The van der Waals surface area contributed by atoms with Crippen LogP contribution in [0.3, 0.4) is 0 Å². The second-order valence-corrected chi connectivity index (χ2v) is 8.63. The van der Waals surface area contributed by atoms with Crippen molar-refractivity contribution in [3.05, 3.63) is 47.0 Å². The van der Waals surface area contributed by atoms with Crippen molar-refractivity contribution in [1.82, 2.24) is 14.0 Å². The molecule has 0 aliphatic rings. The van der Waals surface area contributed by atoms with Gasteiger partial charge in [0, 0.05) is 19.5 Å². The lowest BCUT2D eigenvalue weighted by atomic mass is 10.2. The lowest BCUT2D eigenvalue weighted by Crippen LogP contribution is -2.41. The van der Waals surface area contributed by atoms with E-state index in [1.165, 1.54) is 19.5 Å². The van der Waals surface area contributed by atoms with Gasteiger partial charge in [-0.2, -0.15) is 17.4 Å². The Hall–Kier alpha value is -2.54. The van der Waals surface area contributed by atoms with Gasteiger partial charge in [0.2, 0.25) is 0 Å². The van der Waals surface area contributed by atoms with E-state index in [0.29, 0.717) is 0 Å². The molecule has 1 aromatic heterocycles. The predicted octanol–water partition coefficient (Wildman–Crippen LogP) is 1.89. The van der Waals surface area contributed by atoms with Crippen molar-refractivity contribution in [2.24, 2.45) is 0 Å². The van der Waals surface area contributed by atoms with Crippen molar-refractivity contribution >= 4 is 38.7 Å². The molecule has 158 valence electrons. The van der Waals surface area contributed by atoms with Crippen LogP contribution >= 0.6 is 11.3 Å². The average Bonchev–Trinajstić information content (AvgIpc) is 3.13. The molecule has 1 aromatic carbocycles. The Morgan fingerprint density at radius 1 is 1.21 bits per heavy atom. The van der Waals surface area contributed by atoms with Gasteiger partial charge in [-0.1, -0.05) is 30.3 Å². The molecular formula is C17H22N4O6S2. The number of rotatable bonds is 9. The highest BCUT2D eigenvalue weighted by Gasteiger charge is 2.30. The van der Waals surface area contributed by atoms with Crippen LogP contribution in [0.15, 0.2) is 35.7 Å². The second-order valence-electron chi connectivity index (χ2n) is 5.85. The molecule has 2 N–H and O–H groups in total. The van der Waals surface area contributed by atoms with Gasteiger partial charge in [-0.15, -0.1) is 11.3 Å². The molecule has 2 rings (SSSR count). The van der Waals surface area contributed by atoms with E-state index in [9.17, 15) is 18.0 Å². The SMILES string of the molecule is CCOC(=O)C(NS(=O)(=O)N(C)C)c1csc(NC(=O)OCc2ccccc2)n1. The largest absolute Gasteiger partial charge is 0.464 e. The lowest BCUT2D eigenvalue weighted by Gasteiger charge is -2.18. The van der Waals surface area contributed by atoms with Crippen LogP contribution in [-0.4, -0.2) is 50.5 Å². The molecule has 10 nitrogen and oxygen atoms in total. The van der Waals surface area contributed by atoms with Crippen LogP contribution < -0.4 is 10.0 Å². The van der Waals surface area contributed by atoms with Crippen molar-refractivity contribution in [1.29, 1.82) is 0 Å². The predicted molar refractivity (Wildman–Crippen MR) is 107 cm³/mol. The van der Waals surface area contributed by atoms with E-state index in [2.05, 4.69) is 15.0 Å². The minimum Gasteiger partial charge on any atom is -0.464 e. The summed E-state index contributed by atoms with van der Waals surface area (Å²) in [5.41, 5.74) is 0.917. The van der Waals surface area contributed by atoms with Crippen molar-refractivity contribution in [2.45, 2.75) is 19.6 Å². The Kier molecular flexibility index (Phi) is 8.08. The van der Waals surface area contributed by atoms with E-state index in [0.717, 1.165) is 21.2 Å². The number of esters is 1. The van der Waals surface area contributed by atoms with Gasteiger partial charge in [-0.05, 0) is 12.5 Å². The number of amides is 1. The van der Waals surface area contributed by atoms with Gasteiger partial charge >= 0.3 is 12.1 Å². The molecule has 0 aliphatic carbocycles. The summed E-state index contributed by atoms with van der Waals surface area (Å²) in [4.78, 5) is 28.3. The second kappa shape index (κ2) is 10.3. The third-order valence-electron chi connectivity index (χ3n) is 3.51. The first-order chi connectivity index (χ1) is 13.7. The number of carbonyl (C=O) groups is 2. The standard InChI is InChI=1S/C17H22N4O6S2/c1-4-26-15(22)14(20-29(24,25)21(2)3)13-11-28-16(18-13)19-17(23)27-10-12-8-6-5-7-9-12/h5-9,11,14,20H,4,10H2,1-3H3,(H,18,19,23). The van der Waals surface area contributed by atoms with Crippen molar-refractivity contribution in [3.63, 3.8) is 0 Å². The molecule has 1 amide bonds. The number of aromatic nitrogens is 1. The molecule has 1 atom stereocenters. The maximum absolute atomic E-state index is 12.2. The first kappa shape index (κ1) is 22.7. The van der Waals surface area contributed by atoms with Gasteiger partial charge in [0.25, 0.3) is 10.2 Å². The number of thiazole rings is 1. The Labute approximate surface area is 173 Å². The maximum atomic E-state index is 12.2. The monoisotopic (exact) mass is 442 g/mol. The summed E-state index contributed by atoms with van der Waals surface area (Å²) in [7, 11) is -1.29. The molecule has 0 saturated carbocycles. The first-order valence-corrected chi connectivity index (χ1v) is 10.8. The van der Waals surface area contributed by atoms with E-state index in [4.69, 9.17) is 9.47 Å². The minimum atomic E-state index is -3.93. The van der Waals surface area contributed by atoms with Crippen molar-refractivity contribution in [3.8, 4) is 0 Å². The van der Waals surface area contributed by atoms with Crippen LogP contribution in [-0.2, 0) is 31.1 Å². The summed E-state index contributed by atoms with van der Waals surface area (Å²) in [6, 6.07) is 7.78. The van der Waals surface area contributed by atoms with Crippen LogP contribution in [0.2, 0.25) is 0 Å². The van der Waals surface area contributed by atoms with Gasteiger partial charge < -0.3 is 9.47 Å². The normalized spacial score (nSPS) is 12.4. The van der Waals surface area contributed by atoms with E-state index in [1.807, 2.05) is 30.3 Å². The maximum Gasteiger partial charge on any atom is 0.413 e. The third kappa shape index (κ3) is 6.78. The molecule has 29 heavy (non-hydrogen) atoms. The summed E-state index contributed by atoms with van der Waals surface area (Å²) in [5.74, 6) is -0.804. The number of ether oxygens (including phenoxy) is 2. The number of carbonyl (C=O) groups excluding carboxylic acids is 2. The molecule has 2 aromatic rings. The first-order valence-electron chi connectivity index (χ1n) is 8.52. The molecule has 0 fully saturated rings. The fourth-order valence-electron chi connectivity index (χ4n) is 2.03. The van der Waals surface area contributed by atoms with E-state index in [-0.39, 0.29) is 24.0 Å². The van der Waals surface area contributed by atoms with Gasteiger partial charge in [0.05, 0.1) is 12.3 Å². The van der Waals surface area contributed by atoms with Crippen LogP contribution in [0, 0.1) is 0 Å². The topological polar surface area (TPSA) is 127 Å². The highest BCUT2D eigenvalue weighted by Crippen LogP contribution is 2.23. The minimum absolute atomic E-state index is 0.0695. The summed E-state index contributed by atoms with van der Waals surface area (Å²) in [6.07, 6.45) is -0.726. The Balaban J connectivity index is 2.06. The number of nitrogens with zero attached hydrogens (tertiary/aromatic N) is 2. The van der Waals surface area contributed by atoms with Crippen LogP contribution in [0.4, 0.5) is 9.93 Å². The third-order valence-corrected chi connectivity index (χ3v) is 5.78. The van der Waals surface area contributed by atoms with Crippen LogP contribution in [0.5, 0.6) is 0 Å². The zero-order valence-electron chi connectivity index (χ0n) is 16.1. The van der Waals surface area contributed by atoms with Gasteiger partial charge in [0.15, 0.2) is 11.2 Å². The number of benzene rings is 1. The molecule has 0 aliphatic heterocycles. The number of hydrogen-bond acceptors (Lipinski definition) is 8. The van der Waals surface area contributed by atoms with E-state index >= 15 is 0 Å². The van der Waals surface area contributed by atoms with Gasteiger partial charge in [-0.25, -0.2) is 14.6 Å². The molecule has 1 unspecified atom stereocenters. The molecule has 0 radical (unpaired) electrons. The van der Waals surface area contributed by atoms with Gasteiger partial charge in [0.1, 0.15) is 6.61 Å². The fraction of sp³-hybridized carbons (Fsp3) is 0.353. The van der Waals surface area contributed by atoms with Crippen LogP contribution in [0.1, 0.15) is 24.2 Å². The fourth-order valence-corrected chi connectivity index (χ4v) is 3.48. The van der Waals surface area contributed by atoms with E-state index < -0.39 is 28.3 Å². The van der Waals surface area contributed by atoms with Gasteiger partial charge in [-0.3, -0.25) is 5.32 Å². The number of nitrogens with one attached hydrogen (secondary N) is 2. The highest BCUT2D eigenvalue weighted by atomic mass is 32.2. The summed E-state index contributed by atoms with van der Waals surface area (Å²) in [6.45, 7) is 1.76. The van der Waals surface area contributed by atoms with E-state index in [1.54, 1.807) is 6.92 Å². The quantitative estimate of drug-likeness (QED) is 0.568. The lowest BCUT2D eigenvalue weighted by molar-refractivity contribution is -0.145. The Morgan fingerprint density at radius 2 is 1.90 bits per heavy atom. The number of hydrogen-bond donors (Lipinski definition) is 2. The number of anilines is 1. The smallest absolute Gasteiger partial charge is 0.413 e. The highest BCUT2D eigenvalue weighted by molar-refractivity contribution is 7.87. The summed E-state index contributed by atoms with van der Waals surface area (Å²) >= 11 is 1.02. The molecule has 1 heterocycles. The zero-order chi connectivity index (χ0) is 21.4. The molecule has 0 saturated heterocycles. The van der Waals surface area contributed by atoms with Crippen molar-refractivity contribution in [2.75, 3.05) is 26.0 Å². The summed E-state index contributed by atoms with van der Waals surface area (Å²) < 4.78 is 37.4. The van der Waals surface area contributed by atoms with Crippen molar-refractivity contribution < 1.29 is 27.5 Å². The zero-order valence-corrected chi connectivity index (χ0v) is 17.7. The molecule has 0 bridgehead atoms. The molecule has 12 heteroatoms. The summed E-state index contributed by atoms with van der Waals surface area (Å²) in [5, 5.41) is 4.05.